The highest BCUT2D eigenvalue weighted by Crippen LogP contribution is 2.40. The molecule has 1 saturated carbocycles. The van der Waals surface area contributed by atoms with Crippen molar-refractivity contribution in [2.75, 3.05) is 51.8 Å². The van der Waals surface area contributed by atoms with Crippen molar-refractivity contribution in [1.82, 2.24) is 9.80 Å². The maximum atomic E-state index is 13.0. The van der Waals surface area contributed by atoms with Crippen molar-refractivity contribution >= 4 is 35.0 Å². The molecule has 3 amide bonds. The molecule has 30 heavy (non-hydrogen) atoms. The Hall–Kier alpha value is -2.48. The van der Waals surface area contributed by atoms with Crippen LogP contribution in [0.5, 0.6) is 11.5 Å². The Bertz CT molecular complexity index is 864. The first kappa shape index (κ1) is 20.8. The predicted molar refractivity (Wildman–Crippen MR) is 111 cm³/mol. The number of amides is 3. The molecule has 0 bridgehead atoms. The van der Waals surface area contributed by atoms with E-state index in [1.807, 2.05) is 4.90 Å². The van der Waals surface area contributed by atoms with Crippen molar-refractivity contribution < 1.29 is 23.9 Å². The van der Waals surface area contributed by atoms with Gasteiger partial charge in [0, 0.05) is 51.1 Å². The maximum Gasteiger partial charge on any atom is 0.228 e. The van der Waals surface area contributed by atoms with Crippen LogP contribution in [0.25, 0.3) is 0 Å². The van der Waals surface area contributed by atoms with Crippen LogP contribution in [0, 0.1) is 11.8 Å². The minimum Gasteiger partial charge on any atom is -0.495 e. The number of benzene rings is 1. The molecule has 162 valence electrons. The molecule has 1 aromatic rings. The van der Waals surface area contributed by atoms with Crippen LogP contribution in [0.2, 0.25) is 5.02 Å². The molecule has 1 atom stereocenters. The third-order valence-electron chi connectivity index (χ3n) is 6.05. The molecule has 3 aliphatic rings. The summed E-state index contributed by atoms with van der Waals surface area (Å²) in [6.45, 7) is 2.43. The van der Waals surface area contributed by atoms with Crippen LogP contribution in [0.15, 0.2) is 12.1 Å². The summed E-state index contributed by atoms with van der Waals surface area (Å²) in [5.74, 6) is 0.722. The van der Waals surface area contributed by atoms with Crippen LogP contribution < -0.4 is 14.4 Å². The number of piperazine rings is 1. The lowest BCUT2D eigenvalue weighted by atomic mass is 10.1. The summed E-state index contributed by atoms with van der Waals surface area (Å²) < 4.78 is 10.6. The number of hydrogen-bond donors (Lipinski definition) is 0. The van der Waals surface area contributed by atoms with Crippen LogP contribution in [0.1, 0.15) is 19.3 Å². The highest BCUT2D eigenvalue weighted by molar-refractivity contribution is 6.32. The Kier molecular flexibility index (Phi) is 5.77. The third kappa shape index (κ3) is 3.93. The molecule has 3 fully saturated rings. The Labute approximate surface area is 180 Å². The molecule has 0 N–H and O–H groups in total. The van der Waals surface area contributed by atoms with Gasteiger partial charge in [0.25, 0.3) is 0 Å². The van der Waals surface area contributed by atoms with Crippen molar-refractivity contribution in [3.63, 3.8) is 0 Å². The molecule has 0 unspecified atom stereocenters. The Balaban J connectivity index is 1.42. The molecule has 2 heterocycles. The van der Waals surface area contributed by atoms with Gasteiger partial charge >= 0.3 is 0 Å². The monoisotopic (exact) mass is 435 g/mol. The minimum atomic E-state index is -0.422. The average molecular weight is 436 g/mol. The van der Waals surface area contributed by atoms with Gasteiger partial charge in [0.1, 0.15) is 11.5 Å². The quantitative estimate of drug-likeness (QED) is 0.704. The lowest BCUT2D eigenvalue weighted by Gasteiger charge is -2.36. The van der Waals surface area contributed by atoms with Crippen LogP contribution >= 0.6 is 11.6 Å². The largest absolute Gasteiger partial charge is 0.495 e. The number of nitrogens with zero attached hydrogens (tertiary/aromatic N) is 3. The Morgan fingerprint density at radius 3 is 2.03 bits per heavy atom. The van der Waals surface area contributed by atoms with Crippen LogP contribution in [0.4, 0.5) is 5.69 Å². The fourth-order valence-corrected chi connectivity index (χ4v) is 4.39. The van der Waals surface area contributed by atoms with E-state index >= 15 is 0 Å². The summed E-state index contributed by atoms with van der Waals surface area (Å²) in [6.07, 6.45) is 2.11. The number of carbonyl (C=O) groups excluding carboxylic acids is 3. The summed E-state index contributed by atoms with van der Waals surface area (Å²) in [6, 6.07) is 3.27. The highest BCUT2D eigenvalue weighted by atomic mass is 35.5. The van der Waals surface area contributed by atoms with Crippen molar-refractivity contribution in [3.05, 3.63) is 17.2 Å². The topological polar surface area (TPSA) is 79.4 Å². The summed E-state index contributed by atoms with van der Waals surface area (Å²) in [7, 11) is 3.02. The van der Waals surface area contributed by atoms with Gasteiger partial charge in [-0.2, -0.15) is 0 Å². The van der Waals surface area contributed by atoms with Crippen LogP contribution in [-0.2, 0) is 14.4 Å². The van der Waals surface area contributed by atoms with E-state index in [0.717, 1.165) is 12.8 Å². The summed E-state index contributed by atoms with van der Waals surface area (Å²) in [4.78, 5) is 43.1. The molecule has 0 spiro atoms. The van der Waals surface area contributed by atoms with Gasteiger partial charge in [0.2, 0.25) is 17.7 Å². The second-order valence-corrected chi connectivity index (χ2v) is 8.40. The van der Waals surface area contributed by atoms with Gasteiger partial charge in [-0.25, -0.2) is 0 Å². The second-order valence-electron chi connectivity index (χ2n) is 7.99. The van der Waals surface area contributed by atoms with Gasteiger partial charge in [0.05, 0.1) is 30.8 Å². The number of halogens is 1. The van der Waals surface area contributed by atoms with E-state index in [1.165, 1.54) is 14.2 Å². The fourth-order valence-electron chi connectivity index (χ4n) is 4.15. The molecule has 1 aromatic carbocycles. The van der Waals surface area contributed by atoms with Crippen LogP contribution in [0.3, 0.4) is 0 Å². The number of hydrogen-bond acceptors (Lipinski definition) is 5. The SMILES string of the molecule is COc1cc(OC)c(N2C[C@@H](C(=O)N3CCN(C(=O)C4CC4)CC3)CC2=O)cc1Cl. The predicted octanol–water partition coefficient (Wildman–Crippen LogP) is 1.79. The van der Waals surface area contributed by atoms with Crippen molar-refractivity contribution in [1.29, 1.82) is 0 Å². The smallest absolute Gasteiger partial charge is 0.228 e. The number of anilines is 1. The summed E-state index contributed by atoms with van der Waals surface area (Å²) >= 11 is 6.25. The molecule has 2 saturated heterocycles. The van der Waals surface area contributed by atoms with E-state index in [2.05, 4.69) is 0 Å². The zero-order valence-corrected chi connectivity index (χ0v) is 18.0. The molecule has 9 heteroatoms. The van der Waals surface area contributed by atoms with Gasteiger partial charge in [-0.15, -0.1) is 0 Å². The van der Waals surface area contributed by atoms with Gasteiger partial charge in [-0.05, 0) is 18.9 Å². The van der Waals surface area contributed by atoms with E-state index in [-0.39, 0.29) is 36.6 Å². The standard InChI is InChI=1S/C21H26ClN3O5/c1-29-17-11-18(30-2)16(10-15(17)22)25-12-14(9-19(25)26)21(28)24-7-5-23(6-8-24)20(27)13-3-4-13/h10-11,13-14H,3-9,12H2,1-2H3/t14-/m0/s1. The van der Waals surface area contributed by atoms with Gasteiger partial charge in [-0.3, -0.25) is 14.4 Å². The van der Waals surface area contributed by atoms with Crippen molar-refractivity contribution in [2.45, 2.75) is 19.3 Å². The van der Waals surface area contributed by atoms with Gasteiger partial charge < -0.3 is 24.2 Å². The lowest BCUT2D eigenvalue weighted by molar-refractivity contribution is -0.142. The molecular formula is C21H26ClN3O5. The van der Waals surface area contributed by atoms with E-state index in [4.69, 9.17) is 21.1 Å². The first-order valence-electron chi connectivity index (χ1n) is 10.2. The Morgan fingerprint density at radius 2 is 1.50 bits per heavy atom. The van der Waals surface area contributed by atoms with E-state index in [1.54, 1.807) is 21.9 Å². The molecule has 1 aliphatic carbocycles. The van der Waals surface area contributed by atoms with E-state index in [0.29, 0.717) is 48.4 Å². The average Bonchev–Trinajstić information content (AvgIpc) is 3.54. The fraction of sp³-hybridized carbons (Fsp3) is 0.571. The minimum absolute atomic E-state index is 0.0389. The molecule has 4 rings (SSSR count). The summed E-state index contributed by atoms with van der Waals surface area (Å²) in [5, 5.41) is 0.368. The first-order valence-corrected chi connectivity index (χ1v) is 10.6. The van der Waals surface area contributed by atoms with Gasteiger partial charge in [-0.1, -0.05) is 11.6 Å². The number of methoxy groups -OCH3 is 2. The molecule has 8 nitrogen and oxygen atoms in total. The lowest BCUT2D eigenvalue weighted by Crippen LogP contribution is -2.52. The molecule has 0 radical (unpaired) electrons. The number of carbonyl (C=O) groups is 3. The second kappa shape index (κ2) is 8.34. The highest BCUT2D eigenvalue weighted by Gasteiger charge is 2.40. The normalized spacial score (nSPS) is 21.8. The van der Waals surface area contributed by atoms with Crippen LogP contribution in [-0.4, -0.2) is 74.5 Å². The zero-order valence-electron chi connectivity index (χ0n) is 17.2. The Morgan fingerprint density at radius 1 is 0.933 bits per heavy atom. The summed E-state index contributed by atoms with van der Waals surface area (Å²) in [5.41, 5.74) is 0.531. The van der Waals surface area contributed by atoms with Crippen molar-refractivity contribution in [2.24, 2.45) is 11.8 Å². The zero-order chi connectivity index (χ0) is 21.4. The maximum absolute atomic E-state index is 13.0. The van der Waals surface area contributed by atoms with Crippen molar-refractivity contribution in [3.8, 4) is 11.5 Å². The number of ether oxygens (including phenoxy) is 2. The molecule has 0 aromatic heterocycles. The molecule has 2 aliphatic heterocycles. The number of rotatable bonds is 5. The van der Waals surface area contributed by atoms with E-state index < -0.39 is 5.92 Å². The van der Waals surface area contributed by atoms with Gasteiger partial charge in [0.15, 0.2) is 0 Å². The third-order valence-corrected chi connectivity index (χ3v) is 6.34. The first-order chi connectivity index (χ1) is 14.4. The van der Waals surface area contributed by atoms with E-state index in [9.17, 15) is 14.4 Å². The molecular weight excluding hydrogens is 410 g/mol.